The van der Waals surface area contributed by atoms with Crippen molar-refractivity contribution in [2.45, 2.75) is 43.0 Å². The molecule has 0 aromatic rings. The van der Waals surface area contributed by atoms with Crippen molar-refractivity contribution >= 4 is 23.6 Å². The van der Waals surface area contributed by atoms with Crippen LogP contribution >= 0.6 is 11.8 Å². The van der Waals surface area contributed by atoms with Gasteiger partial charge in [-0.05, 0) is 20.8 Å². The lowest BCUT2D eigenvalue weighted by molar-refractivity contribution is -0.168. The van der Waals surface area contributed by atoms with Crippen LogP contribution < -0.4 is 0 Å². The number of carbonyl (C=O) groups is 2. The molecule has 0 unspecified atom stereocenters. The number of carboxylic acid groups (broad SMARTS) is 1. The number of hydrogen-bond donors (Lipinski definition) is 2. The number of thioether (sulfide) groups is 1. The lowest BCUT2D eigenvalue weighted by Crippen LogP contribution is -2.65. The van der Waals surface area contributed by atoms with E-state index in [-0.39, 0.29) is 11.3 Å². The van der Waals surface area contributed by atoms with Crippen LogP contribution in [0, 0.1) is 5.92 Å². The molecule has 0 aromatic carbocycles. The van der Waals surface area contributed by atoms with Gasteiger partial charge in [0.15, 0.2) is 0 Å². The van der Waals surface area contributed by atoms with E-state index in [2.05, 4.69) is 0 Å². The Labute approximate surface area is 97.8 Å². The topological polar surface area (TPSA) is 77.8 Å². The number of aliphatic hydroxyl groups excluding tert-OH is 1. The van der Waals surface area contributed by atoms with E-state index in [4.69, 9.17) is 5.11 Å². The number of aliphatic hydroxyl groups is 1. The molecule has 1 amide bonds. The van der Waals surface area contributed by atoms with Crippen LogP contribution in [0.15, 0.2) is 0 Å². The van der Waals surface area contributed by atoms with Crippen LogP contribution in [0.2, 0.25) is 0 Å². The van der Waals surface area contributed by atoms with Crippen molar-refractivity contribution in [1.29, 1.82) is 0 Å². The SMILES string of the molecule is C[C@@H](O)[C@H]1C(=O)N2[C@@H]1SC(C)(C)[C@H]2C(=O)O. The van der Waals surface area contributed by atoms with E-state index in [0.29, 0.717) is 0 Å². The van der Waals surface area contributed by atoms with Crippen LogP contribution in [-0.4, -0.2) is 49.3 Å². The largest absolute Gasteiger partial charge is 0.480 e. The molecule has 2 rings (SSSR count). The van der Waals surface area contributed by atoms with E-state index < -0.39 is 28.8 Å². The molecule has 90 valence electrons. The second-order valence-electron chi connectivity index (χ2n) is 4.86. The molecule has 2 aliphatic rings. The molecule has 0 bridgehead atoms. The summed E-state index contributed by atoms with van der Waals surface area (Å²) in [7, 11) is 0. The molecule has 0 aromatic heterocycles. The third-order valence-corrected chi connectivity index (χ3v) is 4.83. The van der Waals surface area contributed by atoms with Crippen LogP contribution in [0.25, 0.3) is 0 Å². The summed E-state index contributed by atoms with van der Waals surface area (Å²) in [6.07, 6.45) is -0.718. The van der Waals surface area contributed by atoms with Gasteiger partial charge in [-0.3, -0.25) is 4.79 Å². The summed E-state index contributed by atoms with van der Waals surface area (Å²) >= 11 is 1.46. The van der Waals surface area contributed by atoms with Gasteiger partial charge in [-0.1, -0.05) is 0 Å². The zero-order chi connectivity index (χ0) is 12.2. The second-order valence-corrected chi connectivity index (χ2v) is 6.64. The molecule has 5 nitrogen and oxygen atoms in total. The number of hydrogen-bond acceptors (Lipinski definition) is 4. The van der Waals surface area contributed by atoms with Crippen molar-refractivity contribution in [1.82, 2.24) is 4.90 Å². The Bertz CT molecular complexity index is 355. The molecule has 6 heteroatoms. The van der Waals surface area contributed by atoms with Crippen molar-refractivity contribution in [3.05, 3.63) is 0 Å². The number of rotatable bonds is 2. The highest BCUT2D eigenvalue weighted by atomic mass is 32.2. The van der Waals surface area contributed by atoms with Gasteiger partial charge in [0.2, 0.25) is 5.91 Å². The molecule has 0 radical (unpaired) electrons. The summed E-state index contributed by atoms with van der Waals surface area (Å²) in [5.41, 5.74) is 0. The average Bonchev–Trinajstić information content (AvgIpc) is 2.33. The quantitative estimate of drug-likeness (QED) is 0.676. The fourth-order valence-electron chi connectivity index (χ4n) is 2.49. The van der Waals surface area contributed by atoms with E-state index in [1.54, 1.807) is 6.92 Å². The Morgan fingerprint density at radius 1 is 1.56 bits per heavy atom. The van der Waals surface area contributed by atoms with Crippen molar-refractivity contribution < 1.29 is 19.8 Å². The highest BCUT2D eigenvalue weighted by Gasteiger charge is 2.64. The monoisotopic (exact) mass is 245 g/mol. The van der Waals surface area contributed by atoms with Gasteiger partial charge in [0, 0.05) is 4.75 Å². The van der Waals surface area contributed by atoms with Crippen LogP contribution in [0.3, 0.4) is 0 Å². The lowest BCUT2D eigenvalue weighted by Gasteiger charge is -2.44. The highest BCUT2D eigenvalue weighted by Crippen LogP contribution is 2.53. The van der Waals surface area contributed by atoms with Gasteiger partial charge in [-0.15, -0.1) is 11.8 Å². The molecule has 0 spiro atoms. The van der Waals surface area contributed by atoms with E-state index >= 15 is 0 Å². The minimum atomic E-state index is -0.975. The molecule has 0 saturated carbocycles. The van der Waals surface area contributed by atoms with E-state index in [1.165, 1.54) is 16.7 Å². The first-order valence-corrected chi connectivity index (χ1v) is 6.06. The van der Waals surface area contributed by atoms with Crippen molar-refractivity contribution in [3.63, 3.8) is 0 Å². The fourth-order valence-corrected chi connectivity index (χ4v) is 4.28. The fraction of sp³-hybridized carbons (Fsp3) is 0.800. The standard InChI is InChI=1S/C10H15NO4S/c1-4(12)5-7(13)11-6(9(14)15)10(2,3)16-8(5)11/h4-6,8,12H,1-3H3,(H,14,15)/t4-,5+,6-,8-/m1/s1. The summed E-state index contributed by atoms with van der Waals surface area (Å²) in [4.78, 5) is 24.3. The average molecular weight is 245 g/mol. The minimum Gasteiger partial charge on any atom is -0.480 e. The third-order valence-electron chi connectivity index (χ3n) is 3.24. The number of carbonyl (C=O) groups excluding carboxylic acids is 1. The molecule has 4 atom stereocenters. The van der Waals surface area contributed by atoms with Gasteiger partial charge in [0.05, 0.1) is 17.4 Å². The van der Waals surface area contributed by atoms with E-state index in [0.717, 1.165) is 0 Å². The predicted molar refractivity (Wildman–Crippen MR) is 58.9 cm³/mol. The van der Waals surface area contributed by atoms with Gasteiger partial charge in [-0.25, -0.2) is 4.79 Å². The zero-order valence-corrected chi connectivity index (χ0v) is 10.2. The first-order chi connectivity index (χ1) is 7.27. The maximum absolute atomic E-state index is 11.8. The smallest absolute Gasteiger partial charge is 0.327 e. The summed E-state index contributed by atoms with van der Waals surface area (Å²) in [6, 6.07) is -0.787. The highest BCUT2D eigenvalue weighted by molar-refractivity contribution is 8.01. The van der Waals surface area contributed by atoms with Crippen LogP contribution in [-0.2, 0) is 9.59 Å². The Hall–Kier alpha value is -0.750. The van der Waals surface area contributed by atoms with E-state index in [1.807, 2.05) is 13.8 Å². The lowest BCUT2D eigenvalue weighted by atomic mass is 9.88. The Morgan fingerprint density at radius 2 is 2.12 bits per heavy atom. The maximum atomic E-state index is 11.8. The van der Waals surface area contributed by atoms with Crippen molar-refractivity contribution in [3.8, 4) is 0 Å². The number of amides is 1. The molecular weight excluding hydrogens is 230 g/mol. The third kappa shape index (κ3) is 1.36. The van der Waals surface area contributed by atoms with Gasteiger partial charge < -0.3 is 15.1 Å². The Kier molecular flexibility index (Phi) is 2.47. The number of aliphatic carboxylic acids is 1. The molecule has 16 heavy (non-hydrogen) atoms. The molecule has 2 heterocycles. The molecular formula is C10H15NO4S. The number of β-lactam (4-membered cyclic amide) rings is 1. The molecule has 2 saturated heterocycles. The van der Waals surface area contributed by atoms with Crippen LogP contribution in [0.1, 0.15) is 20.8 Å². The maximum Gasteiger partial charge on any atom is 0.327 e. The van der Waals surface area contributed by atoms with E-state index in [9.17, 15) is 14.7 Å². The second kappa shape index (κ2) is 3.37. The summed E-state index contributed by atoms with van der Waals surface area (Å²) in [6.45, 7) is 5.21. The van der Waals surface area contributed by atoms with Crippen molar-refractivity contribution in [2.24, 2.45) is 5.92 Å². The summed E-state index contributed by atoms with van der Waals surface area (Å²) < 4.78 is -0.504. The summed E-state index contributed by atoms with van der Waals surface area (Å²) in [5, 5.41) is 18.4. The van der Waals surface area contributed by atoms with Crippen LogP contribution in [0.5, 0.6) is 0 Å². The van der Waals surface area contributed by atoms with Gasteiger partial charge in [0.1, 0.15) is 6.04 Å². The normalized spacial score (nSPS) is 37.9. The van der Waals surface area contributed by atoms with Crippen molar-refractivity contribution in [2.75, 3.05) is 0 Å². The van der Waals surface area contributed by atoms with Gasteiger partial charge >= 0.3 is 5.97 Å². The minimum absolute atomic E-state index is 0.191. The van der Waals surface area contributed by atoms with Gasteiger partial charge in [-0.2, -0.15) is 0 Å². The Balaban J connectivity index is 2.28. The molecule has 2 aliphatic heterocycles. The Morgan fingerprint density at radius 3 is 2.56 bits per heavy atom. The predicted octanol–water partition coefficient (Wildman–Crippen LogP) is 0.130. The first-order valence-electron chi connectivity index (χ1n) is 5.18. The van der Waals surface area contributed by atoms with Gasteiger partial charge in [0.25, 0.3) is 0 Å². The number of fused-ring (bicyclic) bond motifs is 1. The number of carboxylic acids is 1. The molecule has 0 aliphatic carbocycles. The molecule has 2 N–H and O–H groups in total. The zero-order valence-electron chi connectivity index (χ0n) is 9.38. The first kappa shape index (κ1) is 11.7. The number of nitrogens with zero attached hydrogens (tertiary/aromatic N) is 1. The molecule has 2 fully saturated rings. The summed E-state index contributed by atoms with van der Waals surface area (Å²) in [5.74, 6) is -1.67. The van der Waals surface area contributed by atoms with Crippen LogP contribution in [0.4, 0.5) is 0 Å².